The molecule has 0 atom stereocenters. The van der Waals surface area contributed by atoms with Crippen molar-refractivity contribution in [3.05, 3.63) is 62.8 Å². The largest absolute Gasteiger partial charge is 0.381 e. The number of aromatic nitrogens is 1. The van der Waals surface area contributed by atoms with Crippen molar-refractivity contribution in [3.8, 4) is 6.07 Å². The number of carbonyl (C=O) groups excluding carboxylic acids is 1. The average Bonchev–Trinajstić information content (AvgIpc) is 3.19. The molecule has 0 amide bonds. The van der Waals surface area contributed by atoms with Crippen LogP contribution in [0.2, 0.25) is 0 Å². The number of hydrogen-bond donors (Lipinski definition) is 2. The van der Waals surface area contributed by atoms with Crippen molar-refractivity contribution in [1.29, 1.82) is 5.26 Å². The first-order valence-electron chi connectivity index (χ1n) is 11.6. The number of fused-ring (bicyclic) bond motifs is 6. The number of halogens is 1. The standard InChI is InChI=1S/C26H25BrN4O2/c27-21-12-19-20(14-23(21)31-7-5-29-6-8-31)26(3-9-33-10-4-26)25-18(13-24(19)32)17-2-1-16(15-28)11-22(17)30-25/h1-2,11-12,14,29-30H,3-10,13H2. The zero-order valence-electron chi connectivity index (χ0n) is 18.3. The first-order chi connectivity index (χ1) is 16.1. The van der Waals surface area contributed by atoms with Gasteiger partial charge in [0, 0.05) is 77.9 Å². The summed E-state index contributed by atoms with van der Waals surface area (Å²) in [4.78, 5) is 19.7. The second-order valence-electron chi connectivity index (χ2n) is 9.23. The molecule has 0 bridgehead atoms. The number of nitrogens with zero attached hydrogens (tertiary/aromatic N) is 2. The van der Waals surface area contributed by atoms with E-state index in [2.05, 4.69) is 43.3 Å². The second-order valence-corrected chi connectivity index (χ2v) is 10.1. The van der Waals surface area contributed by atoms with Crippen LogP contribution in [-0.2, 0) is 16.6 Å². The summed E-state index contributed by atoms with van der Waals surface area (Å²) >= 11 is 3.78. The lowest BCUT2D eigenvalue weighted by Crippen LogP contribution is -2.44. The summed E-state index contributed by atoms with van der Waals surface area (Å²) in [6.07, 6.45) is 2.00. The minimum absolute atomic E-state index is 0.146. The number of hydrogen-bond acceptors (Lipinski definition) is 5. The van der Waals surface area contributed by atoms with Gasteiger partial charge in [0.05, 0.1) is 17.3 Å². The van der Waals surface area contributed by atoms with Crippen molar-refractivity contribution in [2.24, 2.45) is 0 Å². The number of benzene rings is 2. The van der Waals surface area contributed by atoms with Gasteiger partial charge in [0.15, 0.2) is 5.78 Å². The number of nitriles is 1. The van der Waals surface area contributed by atoms with E-state index < -0.39 is 0 Å². The molecule has 2 fully saturated rings. The minimum Gasteiger partial charge on any atom is -0.381 e. The Labute approximate surface area is 201 Å². The third-order valence-electron chi connectivity index (χ3n) is 7.56. The maximum absolute atomic E-state index is 13.7. The van der Waals surface area contributed by atoms with Gasteiger partial charge in [0.25, 0.3) is 0 Å². The molecular formula is C26H25BrN4O2. The Morgan fingerprint density at radius 1 is 1.12 bits per heavy atom. The smallest absolute Gasteiger partial charge is 0.167 e. The number of piperazine rings is 1. The van der Waals surface area contributed by atoms with E-state index in [1.54, 1.807) is 0 Å². The van der Waals surface area contributed by atoms with Gasteiger partial charge in [0.2, 0.25) is 0 Å². The number of nitrogens with one attached hydrogen (secondary N) is 2. The van der Waals surface area contributed by atoms with Gasteiger partial charge in [0.1, 0.15) is 0 Å². The van der Waals surface area contributed by atoms with Gasteiger partial charge in [-0.25, -0.2) is 0 Å². The van der Waals surface area contributed by atoms with Crippen LogP contribution in [0.3, 0.4) is 0 Å². The fourth-order valence-electron chi connectivity index (χ4n) is 5.88. The fraction of sp³-hybridized carbons (Fsp3) is 0.385. The average molecular weight is 505 g/mol. The van der Waals surface area contributed by atoms with Crippen LogP contribution in [-0.4, -0.2) is 50.2 Å². The van der Waals surface area contributed by atoms with Gasteiger partial charge in [-0.3, -0.25) is 4.79 Å². The Kier molecular flexibility index (Phi) is 5.06. The highest BCUT2D eigenvalue weighted by atomic mass is 79.9. The summed E-state index contributed by atoms with van der Waals surface area (Å²) in [5.41, 5.74) is 6.50. The van der Waals surface area contributed by atoms with Gasteiger partial charge in [-0.1, -0.05) is 6.07 Å². The predicted molar refractivity (Wildman–Crippen MR) is 131 cm³/mol. The molecule has 0 saturated carbocycles. The van der Waals surface area contributed by atoms with E-state index in [1.165, 1.54) is 0 Å². The van der Waals surface area contributed by atoms with Gasteiger partial charge in [-0.05, 0) is 64.2 Å². The number of anilines is 1. The summed E-state index contributed by atoms with van der Waals surface area (Å²) in [6.45, 7) is 5.10. The third-order valence-corrected chi connectivity index (χ3v) is 8.19. The zero-order valence-corrected chi connectivity index (χ0v) is 19.9. The predicted octanol–water partition coefficient (Wildman–Crippen LogP) is 4.05. The fourth-order valence-corrected chi connectivity index (χ4v) is 6.48. The lowest BCUT2D eigenvalue weighted by Gasteiger charge is -2.39. The summed E-state index contributed by atoms with van der Waals surface area (Å²) < 4.78 is 6.79. The molecule has 6 rings (SSSR count). The molecule has 3 aromatic rings. The first kappa shape index (κ1) is 20.9. The van der Waals surface area contributed by atoms with E-state index in [1.807, 2.05) is 24.3 Å². The summed E-state index contributed by atoms with van der Waals surface area (Å²) in [6, 6.07) is 12.3. The van der Waals surface area contributed by atoms with Crippen molar-refractivity contribution in [3.63, 3.8) is 0 Å². The first-order valence-corrected chi connectivity index (χ1v) is 12.4. The summed E-state index contributed by atoms with van der Waals surface area (Å²) in [7, 11) is 0. The Morgan fingerprint density at radius 3 is 2.67 bits per heavy atom. The molecule has 33 heavy (non-hydrogen) atoms. The van der Waals surface area contributed by atoms with Crippen LogP contribution in [0, 0.1) is 11.3 Å². The number of aromatic amines is 1. The molecule has 2 saturated heterocycles. The van der Waals surface area contributed by atoms with Crippen LogP contribution < -0.4 is 10.2 Å². The van der Waals surface area contributed by atoms with E-state index in [0.717, 1.165) is 82.5 Å². The van der Waals surface area contributed by atoms with Crippen LogP contribution in [0.15, 0.2) is 34.8 Å². The van der Waals surface area contributed by atoms with Gasteiger partial charge in [-0.15, -0.1) is 0 Å². The summed E-state index contributed by atoms with van der Waals surface area (Å²) in [5.74, 6) is 0.146. The van der Waals surface area contributed by atoms with Crippen LogP contribution >= 0.6 is 15.9 Å². The van der Waals surface area contributed by atoms with E-state index in [0.29, 0.717) is 25.2 Å². The molecule has 2 N–H and O–H groups in total. The molecule has 2 aromatic carbocycles. The number of ketones is 1. The monoisotopic (exact) mass is 504 g/mol. The van der Waals surface area contributed by atoms with Crippen molar-refractivity contribution in [1.82, 2.24) is 10.3 Å². The molecule has 1 spiro atoms. The molecule has 3 heterocycles. The minimum atomic E-state index is -0.315. The second kappa shape index (κ2) is 7.98. The Morgan fingerprint density at radius 2 is 1.91 bits per heavy atom. The summed E-state index contributed by atoms with van der Waals surface area (Å²) in [5, 5.41) is 13.9. The molecule has 2 aliphatic heterocycles. The van der Waals surface area contributed by atoms with Crippen molar-refractivity contribution >= 4 is 38.3 Å². The molecule has 7 heteroatoms. The number of carbonyl (C=O) groups is 1. The molecule has 3 aliphatic rings. The van der Waals surface area contributed by atoms with Crippen molar-refractivity contribution in [2.45, 2.75) is 24.7 Å². The Bertz CT molecular complexity index is 1310. The topological polar surface area (TPSA) is 81.2 Å². The highest BCUT2D eigenvalue weighted by Gasteiger charge is 2.45. The van der Waals surface area contributed by atoms with E-state index in [-0.39, 0.29) is 11.2 Å². The normalized spacial score (nSPS) is 19.8. The quantitative estimate of drug-likeness (QED) is 0.522. The maximum atomic E-state index is 13.7. The van der Waals surface area contributed by atoms with E-state index >= 15 is 0 Å². The van der Waals surface area contributed by atoms with Gasteiger partial charge >= 0.3 is 0 Å². The molecule has 168 valence electrons. The highest BCUT2D eigenvalue weighted by molar-refractivity contribution is 9.10. The number of Topliss-reactive ketones (excluding diaryl/α,β-unsaturated/α-hetero) is 1. The molecular weight excluding hydrogens is 480 g/mol. The van der Waals surface area contributed by atoms with E-state index in [9.17, 15) is 10.1 Å². The van der Waals surface area contributed by atoms with E-state index in [4.69, 9.17) is 4.74 Å². The lowest BCUT2D eigenvalue weighted by atomic mass is 9.70. The van der Waals surface area contributed by atoms with Crippen LogP contribution in [0.5, 0.6) is 0 Å². The highest BCUT2D eigenvalue weighted by Crippen LogP contribution is 2.49. The van der Waals surface area contributed by atoms with Crippen molar-refractivity contribution in [2.75, 3.05) is 44.3 Å². The van der Waals surface area contributed by atoms with Gasteiger partial charge < -0.3 is 19.9 Å². The lowest BCUT2D eigenvalue weighted by molar-refractivity contribution is 0.0618. The molecule has 0 radical (unpaired) electrons. The Hall–Kier alpha value is -2.66. The number of H-pyrrole nitrogens is 1. The Balaban J connectivity index is 1.61. The third kappa shape index (κ3) is 3.23. The SMILES string of the molecule is N#Cc1ccc2c3c([nH]c2c1)C1(CCOCC1)c1cc(N2CCNCC2)c(Br)cc1C(=O)C3. The molecule has 0 unspecified atom stereocenters. The number of rotatable bonds is 1. The van der Waals surface area contributed by atoms with Crippen LogP contribution in [0.4, 0.5) is 5.69 Å². The molecule has 1 aliphatic carbocycles. The van der Waals surface area contributed by atoms with Crippen LogP contribution in [0.1, 0.15) is 45.6 Å². The zero-order chi connectivity index (χ0) is 22.6. The van der Waals surface area contributed by atoms with Crippen LogP contribution in [0.25, 0.3) is 10.9 Å². The van der Waals surface area contributed by atoms with Crippen molar-refractivity contribution < 1.29 is 9.53 Å². The molecule has 1 aromatic heterocycles. The molecule has 6 nitrogen and oxygen atoms in total. The number of ether oxygens (including phenoxy) is 1. The maximum Gasteiger partial charge on any atom is 0.167 e. The van der Waals surface area contributed by atoms with Gasteiger partial charge in [-0.2, -0.15) is 5.26 Å².